The summed E-state index contributed by atoms with van der Waals surface area (Å²) in [6, 6.07) is 4.84. The Bertz CT molecular complexity index is 608. The van der Waals surface area contributed by atoms with E-state index in [-0.39, 0.29) is 5.92 Å². The Kier molecular flexibility index (Phi) is 5.40. The van der Waals surface area contributed by atoms with Gasteiger partial charge in [-0.1, -0.05) is 23.7 Å². The van der Waals surface area contributed by atoms with Crippen LogP contribution in [0.15, 0.2) is 24.3 Å². The van der Waals surface area contributed by atoms with Crippen LogP contribution in [0.2, 0.25) is 5.02 Å². The van der Waals surface area contributed by atoms with Crippen LogP contribution in [0.3, 0.4) is 0 Å². The number of halogens is 4. The van der Waals surface area contributed by atoms with Crippen molar-refractivity contribution in [3.63, 3.8) is 0 Å². The Hall–Kier alpha value is -1.49. The zero-order chi connectivity index (χ0) is 17.2. The third-order valence-corrected chi connectivity index (χ3v) is 4.45. The average Bonchev–Trinajstić information content (AvgIpc) is 3.28. The van der Waals surface area contributed by atoms with E-state index in [0.717, 1.165) is 23.3 Å². The molecule has 2 rings (SSSR count). The minimum atomic E-state index is -4.40. The Morgan fingerprint density at radius 3 is 2.61 bits per heavy atom. The molecule has 2 nitrogen and oxygen atoms in total. The van der Waals surface area contributed by atoms with Crippen molar-refractivity contribution in [2.45, 2.75) is 38.9 Å². The van der Waals surface area contributed by atoms with Crippen molar-refractivity contribution in [3.8, 4) is 0 Å². The van der Waals surface area contributed by atoms with Gasteiger partial charge in [0.1, 0.15) is 6.54 Å². The van der Waals surface area contributed by atoms with Gasteiger partial charge in [0.05, 0.1) is 0 Å². The Morgan fingerprint density at radius 1 is 1.43 bits per heavy atom. The minimum absolute atomic E-state index is 0.170. The molecule has 0 aromatic heterocycles. The predicted octanol–water partition coefficient (Wildman–Crippen LogP) is 4.85. The molecule has 126 valence electrons. The van der Waals surface area contributed by atoms with Crippen molar-refractivity contribution in [1.82, 2.24) is 4.90 Å². The van der Waals surface area contributed by atoms with Crippen molar-refractivity contribution < 1.29 is 18.0 Å². The fourth-order valence-corrected chi connectivity index (χ4v) is 2.61. The Labute approximate surface area is 138 Å². The Balaban J connectivity index is 2.12. The van der Waals surface area contributed by atoms with Gasteiger partial charge in [-0.2, -0.15) is 13.2 Å². The van der Waals surface area contributed by atoms with Gasteiger partial charge in [0.25, 0.3) is 0 Å². The highest BCUT2D eigenvalue weighted by molar-refractivity contribution is 6.31. The third-order valence-electron chi connectivity index (χ3n) is 4.04. The van der Waals surface area contributed by atoms with Gasteiger partial charge >= 0.3 is 6.18 Å². The summed E-state index contributed by atoms with van der Waals surface area (Å²) >= 11 is 6.00. The topological polar surface area (TPSA) is 20.3 Å². The number of nitrogens with zero attached hydrogens (tertiary/aromatic N) is 1. The second-order valence-electron chi connectivity index (χ2n) is 6.00. The largest absolute Gasteiger partial charge is 0.406 e. The molecule has 1 aromatic rings. The number of hydrogen-bond donors (Lipinski definition) is 0. The molecule has 0 heterocycles. The molecular weight excluding hydrogens is 327 g/mol. The summed E-state index contributed by atoms with van der Waals surface area (Å²) in [6.07, 6.45) is 0.0300. The van der Waals surface area contributed by atoms with Gasteiger partial charge in [0.15, 0.2) is 0 Å². The number of alkyl halides is 3. The summed E-state index contributed by atoms with van der Waals surface area (Å²) in [5, 5.41) is 0.554. The van der Waals surface area contributed by atoms with Crippen molar-refractivity contribution in [1.29, 1.82) is 0 Å². The first kappa shape index (κ1) is 17.9. The molecular formula is C17H19ClF3NO. The van der Waals surface area contributed by atoms with Crippen LogP contribution in [0, 0.1) is 12.8 Å². The van der Waals surface area contributed by atoms with Crippen LogP contribution in [-0.4, -0.2) is 29.6 Å². The van der Waals surface area contributed by atoms with Crippen LogP contribution in [0.4, 0.5) is 13.2 Å². The van der Waals surface area contributed by atoms with E-state index in [9.17, 15) is 18.0 Å². The van der Waals surface area contributed by atoms with Crippen LogP contribution in [-0.2, 0) is 4.79 Å². The van der Waals surface area contributed by atoms with Gasteiger partial charge in [-0.25, -0.2) is 0 Å². The molecule has 0 radical (unpaired) electrons. The minimum Gasteiger partial charge on any atom is -0.327 e. The molecule has 1 aromatic carbocycles. The van der Waals surface area contributed by atoms with Crippen molar-refractivity contribution in [3.05, 3.63) is 40.4 Å². The molecule has 1 aliphatic rings. The number of aryl methyl sites for hydroxylation is 1. The van der Waals surface area contributed by atoms with Gasteiger partial charge < -0.3 is 4.90 Å². The van der Waals surface area contributed by atoms with Gasteiger partial charge in [0, 0.05) is 17.1 Å². The average molecular weight is 346 g/mol. The van der Waals surface area contributed by atoms with Crippen molar-refractivity contribution in [2.75, 3.05) is 6.54 Å². The van der Waals surface area contributed by atoms with E-state index in [0.29, 0.717) is 10.6 Å². The molecule has 1 aliphatic carbocycles. The quantitative estimate of drug-likeness (QED) is 0.698. The number of benzene rings is 1. The highest BCUT2D eigenvalue weighted by Crippen LogP contribution is 2.36. The highest BCUT2D eigenvalue weighted by Gasteiger charge is 2.39. The SMILES string of the molecule is Cc1ccc(/C=C/C(=O)N(CC(F)(F)F)[C@H](C)C2CC2)cc1Cl. The first-order chi connectivity index (χ1) is 10.7. The number of carbonyl (C=O) groups excluding carboxylic acids is 1. The molecule has 1 atom stereocenters. The molecule has 0 aliphatic heterocycles. The van der Waals surface area contributed by atoms with Crippen LogP contribution in [0.5, 0.6) is 0 Å². The van der Waals surface area contributed by atoms with Crippen LogP contribution in [0.25, 0.3) is 6.08 Å². The molecule has 6 heteroatoms. The summed E-state index contributed by atoms with van der Waals surface area (Å²) in [6.45, 7) is 2.31. The summed E-state index contributed by atoms with van der Waals surface area (Å²) in [5.74, 6) is -0.457. The van der Waals surface area contributed by atoms with Crippen molar-refractivity contribution >= 4 is 23.6 Å². The molecule has 0 bridgehead atoms. The normalized spacial score (nSPS) is 16.6. The van der Waals surface area contributed by atoms with Gasteiger partial charge in [-0.05, 0) is 55.9 Å². The molecule has 23 heavy (non-hydrogen) atoms. The zero-order valence-electron chi connectivity index (χ0n) is 13.0. The number of rotatable bonds is 5. The highest BCUT2D eigenvalue weighted by atomic mass is 35.5. The monoisotopic (exact) mass is 345 g/mol. The number of carbonyl (C=O) groups is 1. The van der Waals surface area contributed by atoms with E-state index in [1.165, 1.54) is 12.2 Å². The zero-order valence-corrected chi connectivity index (χ0v) is 13.8. The summed E-state index contributed by atoms with van der Waals surface area (Å²) in [7, 11) is 0. The third kappa shape index (κ3) is 5.27. The predicted molar refractivity (Wildman–Crippen MR) is 85.2 cm³/mol. The second kappa shape index (κ2) is 6.95. The van der Waals surface area contributed by atoms with Crippen LogP contribution in [0.1, 0.15) is 30.9 Å². The maximum atomic E-state index is 12.7. The molecule has 0 N–H and O–H groups in total. The van der Waals surface area contributed by atoms with Gasteiger partial charge in [-0.3, -0.25) is 4.79 Å². The molecule has 0 spiro atoms. The van der Waals surface area contributed by atoms with Gasteiger partial charge in [0.2, 0.25) is 5.91 Å². The fourth-order valence-electron chi connectivity index (χ4n) is 2.42. The van der Waals surface area contributed by atoms with E-state index in [4.69, 9.17) is 11.6 Å². The van der Waals surface area contributed by atoms with Crippen LogP contribution < -0.4 is 0 Å². The van der Waals surface area contributed by atoms with E-state index in [2.05, 4.69) is 0 Å². The maximum absolute atomic E-state index is 12.7. The molecule has 1 saturated carbocycles. The second-order valence-corrected chi connectivity index (χ2v) is 6.41. The lowest BCUT2D eigenvalue weighted by molar-refractivity contribution is -0.162. The van der Waals surface area contributed by atoms with Crippen LogP contribution >= 0.6 is 11.6 Å². The van der Waals surface area contributed by atoms with E-state index in [1.807, 2.05) is 6.92 Å². The molecule has 1 fully saturated rings. The van der Waals surface area contributed by atoms with E-state index in [1.54, 1.807) is 25.1 Å². The van der Waals surface area contributed by atoms with E-state index < -0.39 is 24.7 Å². The maximum Gasteiger partial charge on any atom is 0.406 e. The number of amides is 1. The molecule has 1 amide bonds. The standard InChI is InChI=1S/C17H19ClF3NO/c1-11-3-4-13(9-15(11)18)5-8-16(23)22(10-17(19,20)21)12(2)14-6-7-14/h3-5,8-9,12,14H,6-7,10H2,1-2H3/b8-5+/t12-/m1/s1. The lowest BCUT2D eigenvalue weighted by Crippen LogP contribution is -2.44. The van der Waals surface area contributed by atoms with Crippen molar-refractivity contribution in [2.24, 2.45) is 5.92 Å². The lowest BCUT2D eigenvalue weighted by Gasteiger charge is -2.29. The smallest absolute Gasteiger partial charge is 0.327 e. The number of hydrogen-bond acceptors (Lipinski definition) is 1. The summed E-state index contributed by atoms with van der Waals surface area (Å²) in [4.78, 5) is 13.1. The fraction of sp³-hybridized carbons (Fsp3) is 0.471. The molecule has 0 unspecified atom stereocenters. The van der Waals surface area contributed by atoms with Gasteiger partial charge in [-0.15, -0.1) is 0 Å². The summed E-state index contributed by atoms with van der Waals surface area (Å²) < 4.78 is 38.2. The van der Waals surface area contributed by atoms with E-state index >= 15 is 0 Å². The first-order valence-corrected chi connectivity index (χ1v) is 7.87. The first-order valence-electron chi connectivity index (χ1n) is 7.49. The molecule has 0 saturated heterocycles. The lowest BCUT2D eigenvalue weighted by atomic mass is 10.1. The summed E-state index contributed by atoms with van der Waals surface area (Å²) in [5.41, 5.74) is 1.58. The Morgan fingerprint density at radius 2 is 2.09 bits per heavy atom.